The normalized spacial score (nSPS) is 13.9. The maximum atomic E-state index is 13.3. The first-order valence-electron chi connectivity index (χ1n) is 7.70. The number of H-pyrrole nitrogens is 2. The first-order chi connectivity index (χ1) is 12.4. The van der Waals surface area contributed by atoms with Gasteiger partial charge in [0.15, 0.2) is 5.69 Å². The summed E-state index contributed by atoms with van der Waals surface area (Å²) >= 11 is 0. The Hall–Kier alpha value is -2.98. The molecular weight excluding hydrogens is 375 g/mol. The molecule has 0 saturated heterocycles. The predicted molar refractivity (Wildman–Crippen MR) is 85.8 cm³/mol. The second-order valence-electron chi connectivity index (χ2n) is 6.11. The van der Waals surface area contributed by atoms with Crippen molar-refractivity contribution in [3.05, 3.63) is 61.9 Å². The Bertz CT molecular complexity index is 1100. The molecule has 27 heavy (non-hydrogen) atoms. The Labute approximate surface area is 147 Å². The Morgan fingerprint density at radius 2 is 1.63 bits per heavy atom. The van der Waals surface area contributed by atoms with Crippen LogP contribution in [0.5, 0.6) is 0 Å². The second kappa shape index (κ2) is 6.03. The molecular formula is C16H13F5N4O2. The molecule has 0 unspecified atom stereocenters. The summed E-state index contributed by atoms with van der Waals surface area (Å²) in [6.45, 7) is 2.18. The van der Waals surface area contributed by atoms with Gasteiger partial charge < -0.3 is 0 Å². The van der Waals surface area contributed by atoms with E-state index in [0.717, 1.165) is 23.7 Å². The molecule has 2 aromatic heterocycles. The van der Waals surface area contributed by atoms with Crippen molar-refractivity contribution in [3.63, 3.8) is 0 Å². The summed E-state index contributed by atoms with van der Waals surface area (Å²) in [6.07, 6.45) is -4.93. The molecule has 0 aliphatic heterocycles. The number of nitrogens with zero attached hydrogens (tertiary/aromatic N) is 2. The van der Waals surface area contributed by atoms with Crippen LogP contribution in [-0.2, 0) is 12.1 Å². The number of aromatic amines is 2. The lowest BCUT2D eigenvalue weighted by Crippen LogP contribution is -2.24. The van der Waals surface area contributed by atoms with E-state index in [-0.39, 0.29) is 5.56 Å². The summed E-state index contributed by atoms with van der Waals surface area (Å²) in [5.74, 6) is -3.07. The minimum Gasteiger partial charge on any atom is -0.291 e. The van der Waals surface area contributed by atoms with Crippen molar-refractivity contribution in [3.8, 4) is 0 Å². The Balaban J connectivity index is 2.19. The zero-order chi connectivity index (χ0) is 20.1. The van der Waals surface area contributed by atoms with E-state index in [9.17, 15) is 31.5 Å². The number of fused-ring (bicyclic) bond motifs is 1. The van der Waals surface area contributed by atoms with Crippen LogP contribution in [0.1, 0.15) is 36.7 Å². The molecule has 144 valence electrons. The van der Waals surface area contributed by atoms with Gasteiger partial charge in [0.05, 0.1) is 6.04 Å². The molecule has 2 heterocycles. The van der Waals surface area contributed by atoms with Gasteiger partial charge in [-0.3, -0.25) is 14.8 Å². The first-order valence-corrected chi connectivity index (χ1v) is 7.70. The van der Waals surface area contributed by atoms with Gasteiger partial charge in [-0.2, -0.15) is 18.3 Å². The molecule has 0 radical (unpaired) electrons. The Kier molecular flexibility index (Phi) is 4.20. The fourth-order valence-electron chi connectivity index (χ4n) is 2.75. The summed E-state index contributed by atoms with van der Waals surface area (Å²) in [7, 11) is 0. The zero-order valence-electron chi connectivity index (χ0n) is 14.0. The lowest BCUT2D eigenvalue weighted by atomic mass is 10.0. The highest BCUT2D eigenvalue weighted by Crippen LogP contribution is 2.34. The molecule has 3 aromatic rings. The van der Waals surface area contributed by atoms with Crippen molar-refractivity contribution >= 4 is 11.0 Å². The van der Waals surface area contributed by atoms with Crippen LogP contribution >= 0.6 is 0 Å². The highest BCUT2D eigenvalue weighted by molar-refractivity contribution is 5.77. The number of hydrogen-bond acceptors (Lipinski definition) is 3. The lowest BCUT2D eigenvalue weighted by Gasteiger charge is -2.16. The molecule has 1 aromatic carbocycles. The third-order valence-electron chi connectivity index (χ3n) is 4.13. The number of halogens is 5. The molecule has 0 aliphatic carbocycles. The topological polar surface area (TPSA) is 83.5 Å². The molecule has 3 rings (SSSR count). The average molecular weight is 388 g/mol. The maximum Gasteiger partial charge on any atom is 0.436 e. The minimum absolute atomic E-state index is 0.260. The van der Waals surface area contributed by atoms with Crippen molar-refractivity contribution in [2.75, 3.05) is 0 Å². The van der Waals surface area contributed by atoms with Gasteiger partial charge in [0.1, 0.15) is 11.0 Å². The molecule has 0 bridgehead atoms. The fourth-order valence-corrected chi connectivity index (χ4v) is 2.75. The van der Waals surface area contributed by atoms with Crippen LogP contribution in [0.4, 0.5) is 22.0 Å². The lowest BCUT2D eigenvalue weighted by molar-refractivity contribution is -0.140. The van der Waals surface area contributed by atoms with Gasteiger partial charge in [-0.15, -0.1) is 0 Å². The largest absolute Gasteiger partial charge is 0.436 e. The van der Waals surface area contributed by atoms with Gasteiger partial charge in [0, 0.05) is 12.5 Å². The van der Waals surface area contributed by atoms with Gasteiger partial charge in [-0.1, -0.05) is 24.3 Å². The predicted octanol–water partition coefficient (Wildman–Crippen LogP) is 3.15. The quantitative estimate of drug-likeness (QED) is 0.676. The molecule has 1 atom stereocenters. The van der Waals surface area contributed by atoms with E-state index in [2.05, 4.69) is 10.1 Å². The van der Waals surface area contributed by atoms with E-state index < -0.39 is 46.1 Å². The maximum absolute atomic E-state index is 13.3. The minimum atomic E-state index is -4.93. The number of nitrogens with one attached hydrogen (secondary N) is 2. The summed E-state index contributed by atoms with van der Waals surface area (Å²) in [6, 6.07) is 4.07. The van der Waals surface area contributed by atoms with Crippen molar-refractivity contribution in [2.24, 2.45) is 0 Å². The number of rotatable bonds is 3. The van der Waals surface area contributed by atoms with Crippen molar-refractivity contribution in [1.29, 1.82) is 0 Å². The van der Waals surface area contributed by atoms with Crippen LogP contribution in [-0.4, -0.2) is 19.7 Å². The molecule has 0 amide bonds. The van der Waals surface area contributed by atoms with Crippen molar-refractivity contribution < 1.29 is 22.0 Å². The molecule has 0 fully saturated rings. The van der Waals surface area contributed by atoms with E-state index >= 15 is 0 Å². The monoisotopic (exact) mass is 388 g/mol. The number of hydrogen-bond donors (Lipinski definition) is 2. The molecule has 0 saturated carbocycles. The number of benzene rings is 1. The van der Waals surface area contributed by atoms with Crippen LogP contribution in [0, 0.1) is 0 Å². The molecule has 2 N–H and O–H groups in total. The van der Waals surface area contributed by atoms with E-state index in [1.165, 1.54) is 19.1 Å². The smallest absolute Gasteiger partial charge is 0.291 e. The van der Waals surface area contributed by atoms with Gasteiger partial charge in [-0.25, -0.2) is 18.3 Å². The third kappa shape index (κ3) is 3.36. The summed E-state index contributed by atoms with van der Waals surface area (Å²) in [5.41, 5.74) is -3.96. The summed E-state index contributed by atoms with van der Waals surface area (Å²) in [5, 5.41) is 2.66. The summed E-state index contributed by atoms with van der Waals surface area (Å²) in [4.78, 5) is 27.3. The van der Waals surface area contributed by atoms with Crippen LogP contribution in [0.15, 0.2) is 33.9 Å². The molecule has 6 nitrogen and oxygen atoms in total. The van der Waals surface area contributed by atoms with E-state index in [1.807, 2.05) is 0 Å². The average Bonchev–Trinajstić information content (AvgIpc) is 2.93. The number of alkyl halides is 5. The molecule has 0 aliphatic rings. The highest BCUT2D eigenvalue weighted by atomic mass is 19.4. The van der Waals surface area contributed by atoms with Gasteiger partial charge in [0.2, 0.25) is 0 Å². The second-order valence-corrected chi connectivity index (χ2v) is 6.11. The van der Waals surface area contributed by atoms with E-state index in [1.54, 1.807) is 4.98 Å². The van der Waals surface area contributed by atoms with Crippen LogP contribution in [0.3, 0.4) is 0 Å². The summed E-state index contributed by atoms with van der Waals surface area (Å²) < 4.78 is 67.3. The molecule has 0 spiro atoms. The molecule has 11 heteroatoms. The standard InChI is InChI=1S/C16H13F5N4O2/c1-7(8-3-5-9(6-4-8)15(2,17)18)25-12-10(11(24-25)16(19,20)21)13(26)23-14(27)22-12/h3-7H,1-2H3,(H2,22,23,26,27)/t7-/m1/s1. The Morgan fingerprint density at radius 1 is 1.04 bits per heavy atom. The van der Waals surface area contributed by atoms with Crippen LogP contribution in [0.2, 0.25) is 0 Å². The van der Waals surface area contributed by atoms with Gasteiger partial charge >= 0.3 is 11.9 Å². The van der Waals surface area contributed by atoms with Gasteiger partial charge in [-0.05, 0) is 12.5 Å². The first kappa shape index (κ1) is 18.8. The van der Waals surface area contributed by atoms with Gasteiger partial charge in [0.25, 0.3) is 11.5 Å². The van der Waals surface area contributed by atoms with Crippen molar-refractivity contribution in [2.45, 2.75) is 32.0 Å². The third-order valence-corrected chi connectivity index (χ3v) is 4.13. The highest BCUT2D eigenvalue weighted by Gasteiger charge is 2.39. The number of aromatic nitrogens is 4. The van der Waals surface area contributed by atoms with Crippen molar-refractivity contribution in [1.82, 2.24) is 19.7 Å². The zero-order valence-corrected chi connectivity index (χ0v) is 14.0. The van der Waals surface area contributed by atoms with Crippen LogP contribution in [0.25, 0.3) is 11.0 Å². The SMILES string of the molecule is C[C@H](c1ccc(C(C)(F)F)cc1)n1nc(C(F)(F)F)c2c(=O)[nH]c(=O)[nH]c21. The van der Waals surface area contributed by atoms with E-state index in [4.69, 9.17) is 0 Å². The fraction of sp³-hybridized carbons (Fsp3) is 0.312. The van der Waals surface area contributed by atoms with Crippen LogP contribution < -0.4 is 11.2 Å². The Morgan fingerprint density at radius 3 is 2.15 bits per heavy atom. The van der Waals surface area contributed by atoms with E-state index in [0.29, 0.717) is 5.56 Å².